The van der Waals surface area contributed by atoms with Gasteiger partial charge in [0.2, 0.25) is 0 Å². The fourth-order valence-corrected chi connectivity index (χ4v) is 3.10. The predicted octanol–water partition coefficient (Wildman–Crippen LogP) is 7.34. The van der Waals surface area contributed by atoms with Crippen LogP contribution in [0.2, 0.25) is 0 Å². The van der Waals surface area contributed by atoms with Crippen molar-refractivity contribution in [1.82, 2.24) is 0 Å². The van der Waals surface area contributed by atoms with Crippen molar-refractivity contribution in [1.29, 1.82) is 0 Å². The van der Waals surface area contributed by atoms with Crippen LogP contribution in [0.3, 0.4) is 0 Å². The molecule has 3 aromatic carbocycles. The minimum Gasteiger partial charge on any atom is -0.0622 e. The highest BCUT2D eigenvalue weighted by Gasteiger charge is 2.14. The Bertz CT molecular complexity index is 966. The van der Waals surface area contributed by atoms with Gasteiger partial charge in [0.25, 0.3) is 0 Å². The highest BCUT2D eigenvalue weighted by molar-refractivity contribution is 5.95. The monoisotopic (exact) mass is 339 g/mol. The normalized spacial score (nSPS) is 11.3. The van der Waals surface area contributed by atoms with E-state index in [2.05, 4.69) is 66.3 Å². The Hall–Kier alpha value is -3.29. The van der Waals surface area contributed by atoms with Crippen LogP contribution in [0.5, 0.6) is 0 Å². The van der Waals surface area contributed by atoms with Gasteiger partial charge in [0.1, 0.15) is 0 Å². The summed E-state index contributed by atoms with van der Waals surface area (Å²) in [6.45, 7) is 4.39. The summed E-state index contributed by atoms with van der Waals surface area (Å²) in [5, 5.41) is 3.91. The molecule has 0 saturated carbocycles. The predicted molar refractivity (Wildman–Crippen MR) is 109 cm³/mol. The minimum atomic E-state index is 0.386. The molecule has 0 saturated heterocycles. The van der Waals surface area contributed by atoms with Crippen molar-refractivity contribution in [3.05, 3.63) is 112 Å². The summed E-state index contributed by atoms with van der Waals surface area (Å²) in [5.74, 6) is 0.386. The van der Waals surface area contributed by atoms with Crippen LogP contribution in [0.4, 0.5) is 5.69 Å². The van der Waals surface area contributed by atoms with Crippen molar-refractivity contribution in [2.24, 2.45) is 5.11 Å². The van der Waals surface area contributed by atoms with Crippen molar-refractivity contribution in [3.8, 4) is 0 Å². The molecule has 26 heavy (non-hydrogen) atoms. The van der Waals surface area contributed by atoms with Crippen molar-refractivity contribution < 1.29 is 0 Å². The Morgan fingerprint density at radius 1 is 0.846 bits per heavy atom. The lowest BCUT2D eigenvalue weighted by Gasteiger charge is -2.17. The van der Waals surface area contributed by atoms with Gasteiger partial charge in [-0.05, 0) is 45.4 Å². The summed E-state index contributed by atoms with van der Waals surface area (Å²) < 4.78 is 0. The van der Waals surface area contributed by atoms with Gasteiger partial charge in [-0.2, -0.15) is 0 Å². The van der Waals surface area contributed by atoms with E-state index in [1.807, 2.05) is 42.5 Å². The van der Waals surface area contributed by atoms with Gasteiger partial charge in [-0.15, -0.1) is 0 Å². The smallest absolute Gasteiger partial charge is 0.0453 e. The average molecular weight is 339 g/mol. The zero-order valence-corrected chi connectivity index (χ0v) is 15.0. The molecule has 0 atom stereocenters. The molecule has 0 aliphatic carbocycles. The first-order valence-electron chi connectivity index (χ1n) is 8.71. The van der Waals surface area contributed by atoms with E-state index >= 15 is 0 Å². The van der Waals surface area contributed by atoms with Crippen LogP contribution >= 0.6 is 0 Å². The molecule has 0 radical (unpaired) electrons. The third-order valence-corrected chi connectivity index (χ3v) is 4.33. The number of hydrogen-bond donors (Lipinski definition) is 0. The lowest BCUT2D eigenvalue weighted by Crippen LogP contribution is -1.97. The Morgan fingerprint density at radius 3 is 2.15 bits per heavy atom. The highest BCUT2D eigenvalue weighted by Crippen LogP contribution is 2.36. The molecule has 3 heteroatoms. The lowest BCUT2D eigenvalue weighted by molar-refractivity contribution is 0.863. The number of nitrogens with zero attached hydrogens (tertiary/aromatic N) is 3. The quantitative estimate of drug-likeness (QED) is 0.202. The average Bonchev–Trinajstić information content (AvgIpc) is 2.68. The van der Waals surface area contributed by atoms with Crippen molar-refractivity contribution in [2.75, 3.05) is 0 Å². The lowest BCUT2D eigenvalue weighted by atomic mass is 9.87. The Kier molecular flexibility index (Phi) is 5.52. The second kappa shape index (κ2) is 8.19. The van der Waals surface area contributed by atoms with E-state index < -0.39 is 0 Å². The van der Waals surface area contributed by atoms with Crippen LogP contribution in [0.25, 0.3) is 22.1 Å². The Balaban J connectivity index is 2.29. The maximum atomic E-state index is 8.97. The first kappa shape index (κ1) is 17.5. The van der Waals surface area contributed by atoms with Crippen LogP contribution < -0.4 is 0 Å². The molecular weight excluding hydrogens is 318 g/mol. The molecule has 0 bridgehead atoms. The summed E-state index contributed by atoms with van der Waals surface area (Å²) in [5.41, 5.74) is 15.1. The first-order chi connectivity index (χ1) is 12.7. The van der Waals surface area contributed by atoms with Crippen LogP contribution in [0.15, 0.2) is 84.0 Å². The van der Waals surface area contributed by atoms with Crippen LogP contribution in [-0.2, 0) is 0 Å². The molecule has 0 amide bonds. The largest absolute Gasteiger partial charge is 0.0622 e. The van der Waals surface area contributed by atoms with Gasteiger partial charge < -0.3 is 0 Å². The van der Waals surface area contributed by atoms with E-state index in [1.165, 1.54) is 5.56 Å². The molecule has 128 valence electrons. The SMILES string of the molecule is CC(C)c1ccccc1/C(=C\c1ccccc1)c1ccccc1N=[N+]=[N-]. The molecule has 0 aliphatic rings. The van der Waals surface area contributed by atoms with E-state index in [-0.39, 0.29) is 0 Å². The summed E-state index contributed by atoms with van der Waals surface area (Å²) in [6, 6.07) is 26.4. The van der Waals surface area contributed by atoms with E-state index in [1.54, 1.807) is 0 Å². The van der Waals surface area contributed by atoms with Gasteiger partial charge in [-0.25, -0.2) is 0 Å². The standard InChI is InChI=1S/C23H21N3/c1-17(2)19-12-6-7-13-20(19)22(16-18-10-4-3-5-11-18)21-14-8-9-15-23(21)25-26-24/h3-17H,1-2H3/b22-16+. The van der Waals surface area contributed by atoms with Crippen LogP contribution in [0.1, 0.15) is 42.0 Å². The van der Waals surface area contributed by atoms with Crippen molar-refractivity contribution in [3.63, 3.8) is 0 Å². The van der Waals surface area contributed by atoms with Gasteiger partial charge in [0.15, 0.2) is 0 Å². The number of hydrogen-bond acceptors (Lipinski definition) is 1. The molecule has 0 spiro atoms. The second-order valence-corrected chi connectivity index (χ2v) is 6.42. The fourth-order valence-electron chi connectivity index (χ4n) is 3.10. The van der Waals surface area contributed by atoms with Crippen molar-refractivity contribution in [2.45, 2.75) is 19.8 Å². The van der Waals surface area contributed by atoms with Gasteiger partial charge in [0.05, 0.1) is 0 Å². The van der Waals surface area contributed by atoms with E-state index in [9.17, 15) is 0 Å². The molecular formula is C23H21N3. The van der Waals surface area contributed by atoms with Crippen molar-refractivity contribution >= 4 is 17.3 Å². The fraction of sp³-hybridized carbons (Fsp3) is 0.130. The first-order valence-corrected chi connectivity index (χ1v) is 8.71. The summed E-state index contributed by atoms with van der Waals surface area (Å²) >= 11 is 0. The molecule has 0 N–H and O–H groups in total. The summed E-state index contributed by atoms with van der Waals surface area (Å²) in [4.78, 5) is 3.01. The van der Waals surface area contributed by atoms with E-state index in [0.717, 1.165) is 22.3 Å². The highest BCUT2D eigenvalue weighted by atomic mass is 15.1. The van der Waals surface area contributed by atoms with Gasteiger partial charge in [-0.3, -0.25) is 0 Å². The molecule has 0 aromatic heterocycles. The number of benzene rings is 3. The number of rotatable bonds is 5. The maximum Gasteiger partial charge on any atom is 0.0453 e. The molecule has 3 rings (SSSR count). The molecule has 3 nitrogen and oxygen atoms in total. The Labute approximate surface area is 154 Å². The third kappa shape index (κ3) is 3.85. The zero-order chi connectivity index (χ0) is 18.4. The molecule has 0 unspecified atom stereocenters. The molecule has 3 aromatic rings. The van der Waals surface area contributed by atoms with E-state index in [0.29, 0.717) is 11.6 Å². The summed E-state index contributed by atoms with van der Waals surface area (Å²) in [7, 11) is 0. The summed E-state index contributed by atoms with van der Waals surface area (Å²) in [6.07, 6.45) is 2.16. The van der Waals surface area contributed by atoms with E-state index in [4.69, 9.17) is 5.53 Å². The third-order valence-electron chi connectivity index (χ3n) is 4.33. The number of azide groups is 1. The molecule has 0 heterocycles. The topological polar surface area (TPSA) is 48.8 Å². The second-order valence-electron chi connectivity index (χ2n) is 6.42. The van der Waals surface area contributed by atoms with Gasteiger partial charge in [-0.1, -0.05) is 97.8 Å². The van der Waals surface area contributed by atoms with Gasteiger partial charge >= 0.3 is 0 Å². The Morgan fingerprint density at radius 2 is 1.46 bits per heavy atom. The van der Waals surface area contributed by atoms with Gasteiger partial charge in [0, 0.05) is 10.6 Å². The molecule has 0 aliphatic heterocycles. The molecule has 0 fully saturated rings. The zero-order valence-electron chi connectivity index (χ0n) is 15.0. The van der Waals surface area contributed by atoms with Crippen LogP contribution in [0, 0.1) is 0 Å². The minimum absolute atomic E-state index is 0.386. The maximum absolute atomic E-state index is 8.97. The van der Waals surface area contributed by atoms with Crippen LogP contribution in [-0.4, -0.2) is 0 Å².